The van der Waals surface area contributed by atoms with Crippen LogP contribution in [-0.4, -0.2) is 55.8 Å². The molecule has 0 atom stereocenters. The number of amides is 2. The number of urea groups is 1. The number of ether oxygens (including phenoxy) is 1. The summed E-state index contributed by atoms with van der Waals surface area (Å²) in [5.41, 5.74) is 2.42. The number of nitrogens with one attached hydrogen (secondary N) is 1. The third kappa shape index (κ3) is 4.37. The van der Waals surface area contributed by atoms with Crippen LogP contribution in [0.2, 0.25) is 0 Å². The van der Waals surface area contributed by atoms with E-state index in [0.29, 0.717) is 6.04 Å². The maximum atomic E-state index is 12.2. The van der Waals surface area contributed by atoms with E-state index >= 15 is 0 Å². The number of aryl methyl sites for hydroxylation is 2. The molecular formula is C17H27N3O2. The lowest BCUT2D eigenvalue weighted by Gasteiger charge is -2.35. The van der Waals surface area contributed by atoms with Gasteiger partial charge in [0.25, 0.3) is 0 Å². The molecule has 0 aliphatic carbocycles. The Hall–Kier alpha value is -1.75. The van der Waals surface area contributed by atoms with Gasteiger partial charge in [0.05, 0.1) is 0 Å². The second-order valence-electron chi connectivity index (χ2n) is 6.16. The van der Waals surface area contributed by atoms with Crippen molar-refractivity contribution >= 4 is 6.03 Å². The highest BCUT2D eigenvalue weighted by Crippen LogP contribution is 2.16. The van der Waals surface area contributed by atoms with Gasteiger partial charge in [0.2, 0.25) is 0 Å². The Morgan fingerprint density at radius 2 is 2.00 bits per heavy atom. The Labute approximate surface area is 133 Å². The Kier molecular flexibility index (Phi) is 5.66. The number of carbonyl (C=O) groups is 1. The smallest absolute Gasteiger partial charge is 0.319 e. The summed E-state index contributed by atoms with van der Waals surface area (Å²) in [6.45, 7) is 6.40. The fourth-order valence-corrected chi connectivity index (χ4v) is 2.66. The topological polar surface area (TPSA) is 44.8 Å². The molecule has 2 rings (SSSR count). The average Bonchev–Trinajstić information content (AvgIpc) is 2.51. The van der Waals surface area contributed by atoms with Crippen molar-refractivity contribution in [3.05, 3.63) is 29.3 Å². The molecule has 1 N–H and O–H groups in total. The number of carbonyl (C=O) groups excluding carboxylic acids is 1. The van der Waals surface area contributed by atoms with Crippen molar-refractivity contribution in [2.45, 2.75) is 32.7 Å². The SMILES string of the molecule is Cc1ccc(OCNC(=O)N(C)C2CCN(C)CC2)cc1C. The molecule has 0 spiro atoms. The van der Waals surface area contributed by atoms with Gasteiger partial charge in [0, 0.05) is 13.1 Å². The molecule has 0 unspecified atom stereocenters. The molecule has 1 heterocycles. The molecule has 1 saturated heterocycles. The van der Waals surface area contributed by atoms with Crippen LogP contribution in [0.4, 0.5) is 4.79 Å². The maximum absolute atomic E-state index is 12.2. The summed E-state index contributed by atoms with van der Waals surface area (Å²) in [5, 5.41) is 2.82. The van der Waals surface area contributed by atoms with Crippen molar-refractivity contribution in [3.8, 4) is 5.75 Å². The monoisotopic (exact) mass is 305 g/mol. The molecule has 5 heteroatoms. The van der Waals surface area contributed by atoms with E-state index in [1.165, 1.54) is 11.1 Å². The second-order valence-corrected chi connectivity index (χ2v) is 6.16. The van der Waals surface area contributed by atoms with Crippen LogP contribution in [-0.2, 0) is 0 Å². The van der Waals surface area contributed by atoms with Gasteiger partial charge in [-0.1, -0.05) is 6.07 Å². The van der Waals surface area contributed by atoms with Crippen molar-refractivity contribution in [2.75, 3.05) is 33.9 Å². The van der Waals surface area contributed by atoms with Gasteiger partial charge in [0.1, 0.15) is 5.75 Å². The molecule has 22 heavy (non-hydrogen) atoms. The van der Waals surface area contributed by atoms with Crippen LogP contribution >= 0.6 is 0 Å². The van der Waals surface area contributed by atoms with Gasteiger partial charge >= 0.3 is 6.03 Å². The third-order valence-corrected chi connectivity index (χ3v) is 4.50. The Bertz CT molecular complexity index is 511. The van der Waals surface area contributed by atoms with E-state index in [4.69, 9.17) is 4.74 Å². The molecule has 0 saturated carbocycles. The molecule has 1 aromatic rings. The van der Waals surface area contributed by atoms with E-state index in [2.05, 4.69) is 31.1 Å². The number of hydrogen-bond acceptors (Lipinski definition) is 3. The highest BCUT2D eigenvalue weighted by molar-refractivity contribution is 5.74. The van der Waals surface area contributed by atoms with E-state index < -0.39 is 0 Å². The standard InChI is InChI=1S/C17H27N3O2/c1-13-5-6-16(11-14(13)2)22-12-18-17(21)20(4)15-7-9-19(3)10-8-15/h5-6,11,15H,7-10,12H2,1-4H3,(H,18,21). The summed E-state index contributed by atoms with van der Waals surface area (Å²) in [4.78, 5) is 16.3. The summed E-state index contributed by atoms with van der Waals surface area (Å²) < 4.78 is 5.60. The molecule has 0 aromatic heterocycles. The number of benzene rings is 1. The van der Waals surface area contributed by atoms with Crippen molar-refractivity contribution in [1.29, 1.82) is 0 Å². The lowest BCUT2D eigenvalue weighted by atomic mass is 10.0. The fraction of sp³-hybridized carbons (Fsp3) is 0.588. The summed E-state index contributed by atoms with van der Waals surface area (Å²) in [7, 11) is 3.98. The second kappa shape index (κ2) is 7.49. The maximum Gasteiger partial charge on any atom is 0.319 e. The van der Waals surface area contributed by atoms with Crippen molar-refractivity contribution < 1.29 is 9.53 Å². The third-order valence-electron chi connectivity index (χ3n) is 4.50. The number of likely N-dealkylation sites (tertiary alicyclic amines) is 1. The molecule has 1 aliphatic rings. The molecule has 0 radical (unpaired) electrons. The van der Waals surface area contributed by atoms with E-state index in [1.807, 2.05) is 25.2 Å². The largest absolute Gasteiger partial charge is 0.473 e. The van der Waals surface area contributed by atoms with E-state index in [0.717, 1.165) is 31.7 Å². The number of piperidine rings is 1. The lowest BCUT2D eigenvalue weighted by Crippen LogP contribution is -2.48. The van der Waals surface area contributed by atoms with Crippen LogP contribution in [0.5, 0.6) is 5.75 Å². The van der Waals surface area contributed by atoms with Crippen LogP contribution in [0.25, 0.3) is 0 Å². The Morgan fingerprint density at radius 3 is 2.64 bits per heavy atom. The van der Waals surface area contributed by atoms with Crippen LogP contribution < -0.4 is 10.1 Å². The highest BCUT2D eigenvalue weighted by atomic mass is 16.5. The van der Waals surface area contributed by atoms with Crippen LogP contribution in [0.3, 0.4) is 0 Å². The summed E-state index contributed by atoms with van der Waals surface area (Å²) in [5.74, 6) is 0.783. The molecule has 5 nitrogen and oxygen atoms in total. The summed E-state index contributed by atoms with van der Waals surface area (Å²) in [6, 6.07) is 6.19. The van der Waals surface area contributed by atoms with Crippen LogP contribution in [0, 0.1) is 13.8 Å². The minimum Gasteiger partial charge on any atom is -0.473 e. The van der Waals surface area contributed by atoms with E-state index in [9.17, 15) is 4.79 Å². The number of rotatable bonds is 4. The predicted octanol–water partition coefficient (Wildman–Crippen LogP) is 2.38. The van der Waals surface area contributed by atoms with Gasteiger partial charge in [-0.15, -0.1) is 0 Å². The molecular weight excluding hydrogens is 278 g/mol. The Morgan fingerprint density at radius 1 is 1.32 bits per heavy atom. The normalized spacial score (nSPS) is 16.4. The van der Waals surface area contributed by atoms with E-state index in [1.54, 1.807) is 4.90 Å². The van der Waals surface area contributed by atoms with Crippen molar-refractivity contribution in [2.24, 2.45) is 0 Å². The highest BCUT2D eigenvalue weighted by Gasteiger charge is 2.23. The average molecular weight is 305 g/mol. The number of nitrogens with zero attached hydrogens (tertiary/aromatic N) is 2. The van der Waals surface area contributed by atoms with Gasteiger partial charge in [-0.2, -0.15) is 0 Å². The first-order valence-electron chi connectivity index (χ1n) is 7.86. The molecule has 1 fully saturated rings. The van der Waals surface area contributed by atoms with Crippen molar-refractivity contribution in [1.82, 2.24) is 15.1 Å². The molecule has 122 valence electrons. The zero-order valence-electron chi connectivity index (χ0n) is 14.1. The predicted molar refractivity (Wildman–Crippen MR) is 88.2 cm³/mol. The van der Waals surface area contributed by atoms with Gasteiger partial charge in [0.15, 0.2) is 6.73 Å². The summed E-state index contributed by atoms with van der Waals surface area (Å²) in [6.07, 6.45) is 2.05. The first kappa shape index (κ1) is 16.6. The molecule has 2 amide bonds. The van der Waals surface area contributed by atoms with Crippen LogP contribution in [0.15, 0.2) is 18.2 Å². The lowest BCUT2D eigenvalue weighted by molar-refractivity contribution is 0.142. The van der Waals surface area contributed by atoms with Crippen molar-refractivity contribution in [3.63, 3.8) is 0 Å². The van der Waals surface area contributed by atoms with E-state index in [-0.39, 0.29) is 12.8 Å². The van der Waals surface area contributed by atoms with Gasteiger partial charge in [-0.3, -0.25) is 0 Å². The zero-order valence-corrected chi connectivity index (χ0v) is 14.1. The summed E-state index contributed by atoms with van der Waals surface area (Å²) >= 11 is 0. The minimum absolute atomic E-state index is 0.0709. The fourth-order valence-electron chi connectivity index (χ4n) is 2.66. The number of hydrogen-bond donors (Lipinski definition) is 1. The molecule has 1 aliphatic heterocycles. The van der Waals surface area contributed by atoms with Crippen LogP contribution in [0.1, 0.15) is 24.0 Å². The molecule has 1 aromatic carbocycles. The minimum atomic E-state index is -0.0709. The Balaban J connectivity index is 1.76. The van der Waals surface area contributed by atoms with Gasteiger partial charge < -0.3 is 19.9 Å². The van der Waals surface area contributed by atoms with Gasteiger partial charge in [-0.25, -0.2) is 4.79 Å². The first-order chi connectivity index (χ1) is 10.5. The first-order valence-corrected chi connectivity index (χ1v) is 7.86. The zero-order chi connectivity index (χ0) is 16.1. The van der Waals surface area contributed by atoms with Gasteiger partial charge in [-0.05, 0) is 70.1 Å². The quantitative estimate of drug-likeness (QED) is 0.869. The molecule has 0 bridgehead atoms.